The minimum Gasteiger partial charge on any atom is -0.351 e. The standard InChI is InChI=1S/C24H22N4O4S/c29-21(8-3-13-25-23(31)20-7-4-14-33-20)26-17-11-9-16(10-12-17)24(32)28-15-22(30)27-18-5-1-2-6-19(18)28/h1-2,4-7,9-12,14H,3,8,13,15H2,(H,25,31)(H,26,29)(H,27,30). The van der Waals surface area contributed by atoms with Crippen LogP contribution in [0.5, 0.6) is 0 Å². The normalized spacial score (nSPS) is 12.5. The summed E-state index contributed by atoms with van der Waals surface area (Å²) in [6, 6.07) is 17.2. The number of amides is 4. The molecule has 4 rings (SSSR count). The highest BCUT2D eigenvalue weighted by Gasteiger charge is 2.27. The highest BCUT2D eigenvalue weighted by atomic mass is 32.1. The van der Waals surface area contributed by atoms with E-state index in [0.29, 0.717) is 40.5 Å². The maximum absolute atomic E-state index is 13.0. The molecule has 3 N–H and O–H groups in total. The first kappa shape index (κ1) is 22.2. The number of hydrogen-bond acceptors (Lipinski definition) is 5. The van der Waals surface area contributed by atoms with Gasteiger partial charge in [0.25, 0.3) is 11.8 Å². The Bertz CT molecular complexity index is 1180. The average Bonchev–Trinajstić information content (AvgIpc) is 3.36. The second-order valence-electron chi connectivity index (χ2n) is 7.42. The molecule has 33 heavy (non-hydrogen) atoms. The third kappa shape index (κ3) is 5.45. The summed E-state index contributed by atoms with van der Waals surface area (Å²) in [7, 11) is 0. The van der Waals surface area contributed by atoms with E-state index in [1.54, 1.807) is 48.5 Å². The quantitative estimate of drug-likeness (QED) is 0.467. The molecule has 1 aliphatic rings. The maximum Gasteiger partial charge on any atom is 0.261 e. The molecule has 0 bridgehead atoms. The monoisotopic (exact) mass is 462 g/mol. The van der Waals surface area contributed by atoms with E-state index in [1.807, 2.05) is 17.5 Å². The number of carbonyl (C=O) groups is 4. The SMILES string of the molecule is O=C(CCCNC(=O)c1cccs1)Nc1ccc(C(=O)N2CC(=O)Nc3ccccc32)cc1. The number of fused-ring (bicyclic) bond motifs is 1. The lowest BCUT2D eigenvalue weighted by molar-refractivity contribution is -0.116. The molecule has 1 aromatic heterocycles. The van der Waals surface area contributed by atoms with Gasteiger partial charge in [-0.25, -0.2) is 0 Å². The molecule has 3 aromatic rings. The molecule has 0 saturated heterocycles. The van der Waals surface area contributed by atoms with Crippen molar-refractivity contribution < 1.29 is 19.2 Å². The summed E-state index contributed by atoms with van der Waals surface area (Å²) in [6.07, 6.45) is 0.765. The summed E-state index contributed by atoms with van der Waals surface area (Å²) in [5, 5.41) is 10.2. The van der Waals surface area contributed by atoms with Crippen LogP contribution in [0.15, 0.2) is 66.0 Å². The zero-order chi connectivity index (χ0) is 23.2. The lowest BCUT2D eigenvalue weighted by atomic mass is 10.1. The molecule has 2 heterocycles. The summed E-state index contributed by atoms with van der Waals surface area (Å²) in [6.45, 7) is 0.347. The lowest BCUT2D eigenvalue weighted by Gasteiger charge is -2.29. The molecule has 9 heteroatoms. The van der Waals surface area contributed by atoms with Gasteiger partial charge in [0.15, 0.2) is 0 Å². The predicted molar refractivity (Wildman–Crippen MR) is 128 cm³/mol. The molecule has 0 fully saturated rings. The smallest absolute Gasteiger partial charge is 0.261 e. The summed E-state index contributed by atoms with van der Waals surface area (Å²) < 4.78 is 0. The Labute approximate surface area is 194 Å². The van der Waals surface area contributed by atoms with Gasteiger partial charge in [0.1, 0.15) is 6.54 Å². The molecule has 168 valence electrons. The van der Waals surface area contributed by atoms with E-state index in [-0.39, 0.29) is 36.6 Å². The van der Waals surface area contributed by atoms with Crippen molar-refractivity contribution in [1.82, 2.24) is 5.32 Å². The van der Waals surface area contributed by atoms with Crippen LogP contribution in [-0.2, 0) is 9.59 Å². The Morgan fingerprint density at radius 3 is 2.55 bits per heavy atom. The Balaban J connectivity index is 1.28. The molecule has 4 amide bonds. The van der Waals surface area contributed by atoms with Gasteiger partial charge < -0.3 is 16.0 Å². The molecule has 0 spiro atoms. The topological polar surface area (TPSA) is 108 Å². The molecule has 0 radical (unpaired) electrons. The first-order chi connectivity index (χ1) is 16.0. The van der Waals surface area contributed by atoms with Gasteiger partial charge in [-0.05, 0) is 54.3 Å². The van der Waals surface area contributed by atoms with Gasteiger partial charge in [-0.2, -0.15) is 0 Å². The van der Waals surface area contributed by atoms with E-state index in [2.05, 4.69) is 16.0 Å². The molecule has 1 aliphatic heterocycles. The van der Waals surface area contributed by atoms with Crippen LogP contribution >= 0.6 is 11.3 Å². The molecule has 0 unspecified atom stereocenters. The molecule has 0 atom stereocenters. The number of benzene rings is 2. The highest BCUT2D eigenvalue weighted by molar-refractivity contribution is 7.12. The number of rotatable bonds is 7. The second-order valence-corrected chi connectivity index (χ2v) is 8.37. The van der Waals surface area contributed by atoms with Gasteiger partial charge in [-0.3, -0.25) is 24.1 Å². The van der Waals surface area contributed by atoms with Gasteiger partial charge >= 0.3 is 0 Å². The fraction of sp³-hybridized carbons (Fsp3) is 0.167. The maximum atomic E-state index is 13.0. The van der Waals surface area contributed by atoms with Crippen molar-refractivity contribution in [1.29, 1.82) is 0 Å². The average molecular weight is 463 g/mol. The number of hydrogen-bond donors (Lipinski definition) is 3. The minimum atomic E-state index is -0.295. The van der Waals surface area contributed by atoms with E-state index in [9.17, 15) is 19.2 Å². The van der Waals surface area contributed by atoms with Crippen LogP contribution in [0, 0.1) is 0 Å². The largest absolute Gasteiger partial charge is 0.351 e. The van der Waals surface area contributed by atoms with E-state index >= 15 is 0 Å². The Morgan fingerprint density at radius 2 is 1.79 bits per heavy atom. The van der Waals surface area contributed by atoms with E-state index < -0.39 is 0 Å². The fourth-order valence-corrected chi connectivity index (χ4v) is 4.08. The summed E-state index contributed by atoms with van der Waals surface area (Å²) in [5.41, 5.74) is 2.22. The van der Waals surface area contributed by atoms with Crippen LogP contribution in [0.3, 0.4) is 0 Å². The van der Waals surface area contributed by atoms with Crippen molar-refractivity contribution in [2.45, 2.75) is 12.8 Å². The van der Waals surface area contributed by atoms with Gasteiger partial charge in [-0.15, -0.1) is 11.3 Å². The van der Waals surface area contributed by atoms with E-state index in [1.165, 1.54) is 16.2 Å². The molecule has 2 aromatic carbocycles. The number of anilines is 3. The zero-order valence-electron chi connectivity index (χ0n) is 17.7. The van der Waals surface area contributed by atoms with Crippen LogP contribution in [0.1, 0.15) is 32.9 Å². The van der Waals surface area contributed by atoms with Gasteiger partial charge in [-0.1, -0.05) is 18.2 Å². The first-order valence-electron chi connectivity index (χ1n) is 10.4. The Hall–Kier alpha value is -3.98. The van der Waals surface area contributed by atoms with Crippen LogP contribution < -0.4 is 20.9 Å². The Kier molecular flexibility index (Phi) is 6.80. The van der Waals surface area contributed by atoms with Crippen molar-refractivity contribution in [3.63, 3.8) is 0 Å². The van der Waals surface area contributed by atoms with E-state index in [4.69, 9.17) is 0 Å². The third-order valence-electron chi connectivity index (χ3n) is 5.04. The van der Waals surface area contributed by atoms with Crippen LogP contribution in [0.4, 0.5) is 17.1 Å². The molecule has 0 saturated carbocycles. The Morgan fingerprint density at radius 1 is 1.00 bits per heavy atom. The van der Waals surface area contributed by atoms with Gasteiger partial charge in [0, 0.05) is 24.2 Å². The third-order valence-corrected chi connectivity index (χ3v) is 5.91. The van der Waals surface area contributed by atoms with Gasteiger partial charge in [0.05, 0.1) is 16.3 Å². The summed E-state index contributed by atoms with van der Waals surface area (Å²) in [4.78, 5) is 51.1. The number of carbonyl (C=O) groups excluding carboxylic acids is 4. The number of thiophene rings is 1. The molecular weight excluding hydrogens is 440 g/mol. The lowest BCUT2D eigenvalue weighted by Crippen LogP contribution is -2.42. The van der Waals surface area contributed by atoms with Crippen molar-refractivity contribution in [2.24, 2.45) is 0 Å². The summed E-state index contributed by atoms with van der Waals surface area (Å²) >= 11 is 1.37. The predicted octanol–water partition coefficient (Wildman–Crippen LogP) is 3.50. The van der Waals surface area contributed by atoms with Crippen molar-refractivity contribution in [2.75, 3.05) is 28.6 Å². The number of nitrogens with one attached hydrogen (secondary N) is 3. The fourth-order valence-electron chi connectivity index (χ4n) is 3.44. The number of nitrogens with zero attached hydrogens (tertiary/aromatic N) is 1. The first-order valence-corrected chi connectivity index (χ1v) is 11.3. The van der Waals surface area contributed by atoms with E-state index in [0.717, 1.165) is 0 Å². The van der Waals surface area contributed by atoms with Crippen LogP contribution in [-0.4, -0.2) is 36.7 Å². The van der Waals surface area contributed by atoms with Crippen molar-refractivity contribution >= 4 is 52.0 Å². The molecular formula is C24H22N4O4S. The molecule has 0 aliphatic carbocycles. The summed E-state index contributed by atoms with van der Waals surface area (Å²) in [5.74, 6) is -0.866. The van der Waals surface area contributed by atoms with Crippen LogP contribution in [0.2, 0.25) is 0 Å². The van der Waals surface area contributed by atoms with Crippen molar-refractivity contribution in [3.8, 4) is 0 Å². The van der Waals surface area contributed by atoms with Crippen LogP contribution in [0.25, 0.3) is 0 Å². The minimum absolute atomic E-state index is 0.0582. The molecule has 8 nitrogen and oxygen atoms in total. The zero-order valence-corrected chi connectivity index (χ0v) is 18.5. The highest BCUT2D eigenvalue weighted by Crippen LogP contribution is 2.30. The second kappa shape index (κ2) is 10.1. The van der Waals surface area contributed by atoms with Crippen molar-refractivity contribution in [3.05, 3.63) is 76.5 Å². The number of para-hydroxylation sites is 2. The van der Waals surface area contributed by atoms with Gasteiger partial charge in [0.2, 0.25) is 11.8 Å².